The van der Waals surface area contributed by atoms with Crippen LogP contribution in [0.1, 0.15) is 17.2 Å². The Hall–Kier alpha value is -1.50. The second-order valence-electron chi connectivity index (χ2n) is 2.92. The molecule has 0 aromatic heterocycles. The maximum Gasteiger partial charge on any atom is 0.130 e. The summed E-state index contributed by atoms with van der Waals surface area (Å²) in [6.45, 7) is 3.67. The molecule has 0 aliphatic carbocycles. The van der Waals surface area contributed by atoms with E-state index in [4.69, 9.17) is 4.74 Å². The molecule has 13 heavy (non-hydrogen) atoms. The van der Waals surface area contributed by atoms with Crippen molar-refractivity contribution in [3.05, 3.63) is 60.7 Å². The number of hydrogen-bond donors (Lipinski definition) is 0. The van der Waals surface area contributed by atoms with Gasteiger partial charge in [0.1, 0.15) is 6.10 Å². The van der Waals surface area contributed by atoms with E-state index in [1.165, 1.54) is 11.1 Å². The molecule has 0 saturated heterocycles. The van der Waals surface area contributed by atoms with Gasteiger partial charge in [-0.1, -0.05) is 30.3 Å². The van der Waals surface area contributed by atoms with Crippen LogP contribution in [-0.4, -0.2) is 0 Å². The zero-order chi connectivity index (χ0) is 9.10. The number of rotatable bonds is 2. The highest BCUT2D eigenvalue weighted by molar-refractivity contribution is 5.56. The Labute approximate surface area is 78.3 Å². The Bertz CT molecular complexity index is 339. The monoisotopic (exact) mass is 171 g/mol. The summed E-state index contributed by atoms with van der Waals surface area (Å²) in [7, 11) is 0. The smallest absolute Gasteiger partial charge is 0.130 e. The first-order valence-electron chi connectivity index (χ1n) is 4.28. The van der Waals surface area contributed by atoms with Crippen LogP contribution in [0.5, 0.6) is 0 Å². The summed E-state index contributed by atoms with van der Waals surface area (Å²) >= 11 is 0. The predicted molar refractivity (Wildman–Crippen MR) is 53.8 cm³/mol. The van der Waals surface area contributed by atoms with E-state index in [9.17, 15) is 0 Å². The van der Waals surface area contributed by atoms with Crippen LogP contribution in [0.4, 0.5) is 0 Å². The molecule has 1 nitrogen and oxygen atoms in total. The van der Waals surface area contributed by atoms with Gasteiger partial charge in [0.25, 0.3) is 0 Å². The molecule has 0 spiro atoms. The first-order chi connectivity index (χ1) is 6.42. The van der Waals surface area contributed by atoms with Crippen LogP contribution in [0.3, 0.4) is 0 Å². The van der Waals surface area contributed by atoms with Gasteiger partial charge < -0.3 is 4.74 Å². The lowest BCUT2D eigenvalue weighted by atomic mass is 9.99. The third-order valence-corrected chi connectivity index (χ3v) is 2.09. The molecule has 65 valence electrons. The van der Waals surface area contributed by atoms with Crippen molar-refractivity contribution in [3.8, 4) is 0 Å². The summed E-state index contributed by atoms with van der Waals surface area (Å²) in [6.07, 6.45) is 7.44. The van der Waals surface area contributed by atoms with Crippen molar-refractivity contribution in [1.82, 2.24) is 0 Å². The highest BCUT2D eigenvalue weighted by Gasteiger charge is 2.15. The summed E-state index contributed by atoms with van der Waals surface area (Å²) in [5.74, 6) is 0. The first-order valence-corrected chi connectivity index (χ1v) is 4.28. The maximum atomic E-state index is 5.44. The molecule has 1 unspecified atom stereocenters. The number of fused-ring (bicyclic) bond motifs is 1. The van der Waals surface area contributed by atoms with Crippen LogP contribution in [-0.2, 0) is 4.74 Å². The fourth-order valence-corrected chi connectivity index (χ4v) is 1.46. The van der Waals surface area contributed by atoms with Gasteiger partial charge in [-0.3, -0.25) is 0 Å². The molecule has 0 saturated carbocycles. The Kier molecular flexibility index (Phi) is 2.17. The minimum Gasteiger partial charge on any atom is -0.493 e. The van der Waals surface area contributed by atoms with Crippen LogP contribution in [0.15, 0.2) is 43.2 Å². The second kappa shape index (κ2) is 3.48. The van der Waals surface area contributed by atoms with E-state index in [0.29, 0.717) is 0 Å². The average Bonchev–Trinajstić information content (AvgIpc) is 2.19. The molecule has 1 aliphatic rings. The molecule has 0 bridgehead atoms. The van der Waals surface area contributed by atoms with Gasteiger partial charge in [0.2, 0.25) is 0 Å². The summed E-state index contributed by atoms with van der Waals surface area (Å²) < 4.78 is 5.44. The van der Waals surface area contributed by atoms with Crippen molar-refractivity contribution in [2.75, 3.05) is 0 Å². The van der Waals surface area contributed by atoms with Crippen LogP contribution in [0, 0.1) is 6.42 Å². The fraction of sp³-hybridized carbons (Fsp3) is 0.0833. The van der Waals surface area contributed by atoms with Gasteiger partial charge in [-0.15, -0.1) is 6.58 Å². The molecule has 1 heterocycles. The molecule has 1 heteroatoms. The van der Waals surface area contributed by atoms with Crippen molar-refractivity contribution in [1.29, 1.82) is 0 Å². The van der Waals surface area contributed by atoms with Crippen molar-refractivity contribution in [3.63, 3.8) is 0 Å². The second-order valence-corrected chi connectivity index (χ2v) is 2.92. The summed E-state index contributed by atoms with van der Waals surface area (Å²) in [4.78, 5) is 0. The van der Waals surface area contributed by atoms with Crippen LogP contribution < -0.4 is 0 Å². The van der Waals surface area contributed by atoms with Crippen LogP contribution in [0.2, 0.25) is 0 Å². The number of benzene rings is 1. The lowest BCUT2D eigenvalue weighted by Gasteiger charge is -2.20. The van der Waals surface area contributed by atoms with E-state index in [1.807, 2.05) is 24.6 Å². The van der Waals surface area contributed by atoms with E-state index < -0.39 is 0 Å². The Morgan fingerprint density at radius 2 is 2.15 bits per heavy atom. The van der Waals surface area contributed by atoms with Crippen LogP contribution in [0.25, 0.3) is 6.08 Å². The van der Waals surface area contributed by atoms with E-state index in [0.717, 1.165) is 0 Å². The predicted octanol–water partition coefficient (Wildman–Crippen LogP) is 3.12. The summed E-state index contributed by atoms with van der Waals surface area (Å²) in [5, 5.41) is 0. The minimum absolute atomic E-state index is 0.0266. The fourth-order valence-electron chi connectivity index (χ4n) is 1.46. The van der Waals surface area contributed by atoms with Gasteiger partial charge in [0.05, 0.1) is 6.26 Å². The van der Waals surface area contributed by atoms with E-state index in [1.54, 1.807) is 12.3 Å². The van der Waals surface area contributed by atoms with Gasteiger partial charge >= 0.3 is 0 Å². The number of hydrogen-bond acceptors (Lipinski definition) is 1. The topological polar surface area (TPSA) is 9.23 Å². The lowest BCUT2D eigenvalue weighted by Crippen LogP contribution is -2.05. The molecule has 1 aliphatic heterocycles. The molecule has 0 N–H and O–H groups in total. The van der Waals surface area contributed by atoms with Crippen molar-refractivity contribution >= 4 is 6.08 Å². The van der Waals surface area contributed by atoms with E-state index in [2.05, 4.69) is 18.7 Å². The first kappa shape index (κ1) is 8.11. The Balaban J connectivity index is 2.37. The molecule has 1 radical (unpaired) electrons. The van der Waals surface area contributed by atoms with Gasteiger partial charge in [0, 0.05) is 12.0 Å². The van der Waals surface area contributed by atoms with E-state index in [-0.39, 0.29) is 6.10 Å². The minimum atomic E-state index is 0.0266. The van der Waals surface area contributed by atoms with Crippen molar-refractivity contribution in [2.24, 2.45) is 0 Å². The Morgan fingerprint density at radius 3 is 3.00 bits per heavy atom. The zero-order valence-corrected chi connectivity index (χ0v) is 7.31. The normalized spacial score (nSPS) is 18.9. The Morgan fingerprint density at radius 1 is 1.31 bits per heavy atom. The molecule has 0 amide bonds. The molecule has 1 aromatic carbocycles. The standard InChI is InChI=1S/C12H11O/c1-2-5-12-11-7-4-3-6-10(11)8-9-13-12/h2-9,12H,1H2. The molecular weight excluding hydrogens is 160 g/mol. The highest BCUT2D eigenvalue weighted by Crippen LogP contribution is 2.29. The van der Waals surface area contributed by atoms with Gasteiger partial charge in [-0.2, -0.15) is 0 Å². The van der Waals surface area contributed by atoms with E-state index >= 15 is 0 Å². The summed E-state index contributed by atoms with van der Waals surface area (Å²) in [5.41, 5.74) is 2.42. The van der Waals surface area contributed by atoms with Gasteiger partial charge in [0.15, 0.2) is 0 Å². The van der Waals surface area contributed by atoms with Crippen molar-refractivity contribution < 1.29 is 4.74 Å². The van der Waals surface area contributed by atoms with Gasteiger partial charge in [-0.25, -0.2) is 0 Å². The molecule has 2 rings (SSSR count). The highest BCUT2D eigenvalue weighted by atomic mass is 16.5. The van der Waals surface area contributed by atoms with Crippen molar-refractivity contribution in [2.45, 2.75) is 6.10 Å². The SMILES string of the molecule is C=C[CH]C1OC=Cc2ccccc21. The molecule has 0 fully saturated rings. The lowest BCUT2D eigenvalue weighted by molar-refractivity contribution is 0.177. The largest absolute Gasteiger partial charge is 0.493 e. The quantitative estimate of drug-likeness (QED) is 0.664. The summed E-state index contributed by atoms with van der Waals surface area (Å²) in [6, 6.07) is 8.20. The average molecular weight is 171 g/mol. The molecule has 1 atom stereocenters. The molecule has 1 aromatic rings. The number of ether oxygens (including phenoxy) is 1. The van der Waals surface area contributed by atoms with Gasteiger partial charge in [-0.05, 0) is 11.6 Å². The zero-order valence-electron chi connectivity index (χ0n) is 7.31. The molecular formula is C12H11O. The maximum absolute atomic E-state index is 5.44. The van der Waals surface area contributed by atoms with Crippen LogP contribution >= 0.6 is 0 Å². The third kappa shape index (κ3) is 1.50. The third-order valence-electron chi connectivity index (χ3n) is 2.09.